The average Bonchev–Trinajstić information content (AvgIpc) is 3.45. The van der Waals surface area contributed by atoms with E-state index >= 15 is 0 Å². The number of carbonyl (C=O) groups is 1. The quantitative estimate of drug-likeness (QED) is 0.437. The van der Waals surface area contributed by atoms with E-state index in [1.54, 1.807) is 22.2 Å². The highest BCUT2D eigenvalue weighted by Gasteiger charge is 2.17. The second kappa shape index (κ2) is 8.36. The molecular formula is C20H19N5O4S2. The number of amides is 1. The van der Waals surface area contributed by atoms with E-state index in [1.165, 1.54) is 41.8 Å². The summed E-state index contributed by atoms with van der Waals surface area (Å²) in [5, 5.41) is 9.03. The first kappa shape index (κ1) is 20.8. The van der Waals surface area contributed by atoms with Gasteiger partial charge in [-0.05, 0) is 56.3 Å². The number of furan rings is 1. The van der Waals surface area contributed by atoms with Gasteiger partial charge in [0.05, 0.1) is 17.1 Å². The Morgan fingerprint density at radius 3 is 2.58 bits per heavy atom. The fraction of sp³-hybridized carbons (Fsp3) is 0.150. The summed E-state index contributed by atoms with van der Waals surface area (Å²) in [5.41, 5.74) is 2.35. The molecule has 160 valence electrons. The number of hydrogen-bond acceptors (Lipinski definition) is 7. The zero-order valence-electron chi connectivity index (χ0n) is 16.7. The van der Waals surface area contributed by atoms with Gasteiger partial charge >= 0.3 is 0 Å². The van der Waals surface area contributed by atoms with Gasteiger partial charge in [0.2, 0.25) is 0 Å². The molecule has 0 aliphatic heterocycles. The highest BCUT2D eigenvalue weighted by molar-refractivity contribution is 7.93. The van der Waals surface area contributed by atoms with Crippen LogP contribution in [0, 0.1) is 13.8 Å². The molecule has 11 heteroatoms. The molecule has 0 radical (unpaired) electrons. The molecule has 9 nitrogen and oxygen atoms in total. The number of rotatable bonds is 7. The van der Waals surface area contributed by atoms with Gasteiger partial charge in [0.25, 0.3) is 15.9 Å². The molecule has 4 aromatic rings. The Hall–Kier alpha value is -3.44. The summed E-state index contributed by atoms with van der Waals surface area (Å²) in [6.07, 6.45) is 1.51. The van der Waals surface area contributed by atoms with E-state index in [2.05, 4.69) is 20.1 Å². The van der Waals surface area contributed by atoms with Crippen molar-refractivity contribution in [2.24, 2.45) is 0 Å². The van der Waals surface area contributed by atoms with Crippen LogP contribution in [0.1, 0.15) is 27.7 Å². The number of aryl methyl sites for hydroxylation is 2. The van der Waals surface area contributed by atoms with Gasteiger partial charge in [0.15, 0.2) is 10.9 Å². The van der Waals surface area contributed by atoms with E-state index in [-0.39, 0.29) is 15.8 Å². The lowest BCUT2D eigenvalue weighted by Crippen LogP contribution is -2.14. The van der Waals surface area contributed by atoms with E-state index in [0.29, 0.717) is 18.0 Å². The molecule has 0 unspecified atom stereocenters. The minimum Gasteiger partial charge on any atom is -0.454 e. The number of carbonyl (C=O) groups excluding carboxylic acids is 1. The van der Waals surface area contributed by atoms with Crippen LogP contribution in [0.2, 0.25) is 0 Å². The fourth-order valence-electron chi connectivity index (χ4n) is 2.93. The number of aromatic nitrogens is 3. The normalized spacial score (nSPS) is 11.4. The van der Waals surface area contributed by atoms with Crippen molar-refractivity contribution >= 4 is 38.1 Å². The lowest BCUT2D eigenvalue weighted by Gasteiger charge is -2.07. The van der Waals surface area contributed by atoms with Crippen LogP contribution in [-0.2, 0) is 16.6 Å². The molecule has 2 N–H and O–H groups in total. The van der Waals surface area contributed by atoms with Crippen molar-refractivity contribution in [1.29, 1.82) is 0 Å². The molecule has 1 aromatic carbocycles. The highest BCUT2D eigenvalue weighted by atomic mass is 32.2. The first-order chi connectivity index (χ1) is 14.8. The van der Waals surface area contributed by atoms with Gasteiger partial charge in [0, 0.05) is 23.0 Å². The van der Waals surface area contributed by atoms with Crippen LogP contribution in [0.25, 0.3) is 0 Å². The monoisotopic (exact) mass is 457 g/mol. The zero-order valence-corrected chi connectivity index (χ0v) is 18.3. The topological polar surface area (TPSA) is 119 Å². The van der Waals surface area contributed by atoms with Crippen molar-refractivity contribution in [3.05, 3.63) is 76.9 Å². The molecule has 4 rings (SSSR count). The maximum absolute atomic E-state index is 12.5. The molecule has 0 atom stereocenters. The molecule has 1 amide bonds. The number of thiazole rings is 1. The second-order valence-electron chi connectivity index (χ2n) is 6.77. The van der Waals surface area contributed by atoms with Crippen molar-refractivity contribution in [2.45, 2.75) is 25.3 Å². The van der Waals surface area contributed by atoms with Crippen molar-refractivity contribution < 1.29 is 17.6 Å². The molecule has 0 saturated carbocycles. The summed E-state index contributed by atoms with van der Waals surface area (Å²) in [5.74, 6) is 0.320. The van der Waals surface area contributed by atoms with Crippen LogP contribution < -0.4 is 10.0 Å². The maximum atomic E-state index is 12.5. The van der Waals surface area contributed by atoms with Gasteiger partial charge in [-0.25, -0.2) is 13.4 Å². The first-order valence-corrected chi connectivity index (χ1v) is 11.6. The van der Waals surface area contributed by atoms with Crippen LogP contribution in [0.15, 0.2) is 63.4 Å². The second-order valence-corrected chi connectivity index (χ2v) is 9.35. The summed E-state index contributed by atoms with van der Waals surface area (Å²) >= 11 is 1.18. The Balaban J connectivity index is 1.41. The molecule has 0 fully saturated rings. The standard InChI is InChI=1S/C20H19N5O4S2/c1-13-11-14(2)25(23-13)12-16-5-8-18(29-16)19(26)22-15-3-6-17(7-4-15)31(27,28)24-20-21-9-10-30-20/h3-11H,12H2,1-2H3,(H,21,24)(H,22,26). The van der Waals surface area contributed by atoms with Gasteiger partial charge < -0.3 is 9.73 Å². The van der Waals surface area contributed by atoms with Crippen molar-refractivity contribution in [3.63, 3.8) is 0 Å². The molecule has 0 saturated heterocycles. The Morgan fingerprint density at radius 2 is 1.94 bits per heavy atom. The SMILES string of the molecule is Cc1cc(C)n(Cc2ccc(C(=O)Nc3ccc(S(=O)(=O)Nc4nccs4)cc3)o2)n1. The van der Waals surface area contributed by atoms with Crippen LogP contribution in [0.5, 0.6) is 0 Å². The molecule has 0 aliphatic carbocycles. The number of anilines is 2. The number of sulfonamides is 1. The van der Waals surface area contributed by atoms with Crippen molar-refractivity contribution in [3.8, 4) is 0 Å². The zero-order chi connectivity index (χ0) is 22.0. The Bertz CT molecular complexity index is 1310. The first-order valence-electron chi connectivity index (χ1n) is 9.24. The third kappa shape index (κ3) is 4.84. The number of nitrogens with one attached hydrogen (secondary N) is 2. The fourth-order valence-corrected chi connectivity index (χ4v) is 4.71. The smallest absolute Gasteiger partial charge is 0.291 e. The van der Waals surface area contributed by atoms with Gasteiger partial charge in [0.1, 0.15) is 5.76 Å². The Morgan fingerprint density at radius 1 is 1.16 bits per heavy atom. The van der Waals surface area contributed by atoms with Gasteiger partial charge in [-0.3, -0.25) is 14.2 Å². The van der Waals surface area contributed by atoms with Gasteiger partial charge in [-0.1, -0.05) is 0 Å². The molecule has 0 spiro atoms. The third-order valence-corrected chi connectivity index (χ3v) is 6.54. The van der Waals surface area contributed by atoms with Crippen LogP contribution in [-0.4, -0.2) is 29.1 Å². The van der Waals surface area contributed by atoms with E-state index in [4.69, 9.17) is 4.42 Å². The molecule has 31 heavy (non-hydrogen) atoms. The summed E-state index contributed by atoms with van der Waals surface area (Å²) in [7, 11) is -3.75. The third-order valence-electron chi connectivity index (χ3n) is 4.37. The van der Waals surface area contributed by atoms with E-state index in [0.717, 1.165) is 11.4 Å². The van der Waals surface area contributed by atoms with Crippen molar-refractivity contribution in [2.75, 3.05) is 10.0 Å². The highest BCUT2D eigenvalue weighted by Crippen LogP contribution is 2.20. The van der Waals surface area contributed by atoms with Crippen LogP contribution in [0.3, 0.4) is 0 Å². The maximum Gasteiger partial charge on any atom is 0.291 e. The summed E-state index contributed by atoms with van der Waals surface area (Å²) in [6, 6.07) is 11.1. The largest absolute Gasteiger partial charge is 0.454 e. The predicted molar refractivity (Wildman–Crippen MR) is 117 cm³/mol. The summed E-state index contributed by atoms with van der Waals surface area (Å²) < 4.78 is 34.6. The Labute approximate surface area is 182 Å². The van der Waals surface area contributed by atoms with Gasteiger partial charge in [-0.15, -0.1) is 11.3 Å². The van der Waals surface area contributed by atoms with Crippen molar-refractivity contribution in [1.82, 2.24) is 14.8 Å². The molecule has 0 aliphatic rings. The minimum atomic E-state index is -3.75. The lowest BCUT2D eigenvalue weighted by molar-refractivity contribution is 0.0994. The Kier molecular flexibility index (Phi) is 5.61. The molecule has 0 bridgehead atoms. The minimum absolute atomic E-state index is 0.0610. The van der Waals surface area contributed by atoms with E-state index in [1.807, 2.05) is 19.9 Å². The average molecular weight is 458 g/mol. The van der Waals surface area contributed by atoms with E-state index in [9.17, 15) is 13.2 Å². The number of nitrogens with zero attached hydrogens (tertiary/aromatic N) is 3. The predicted octanol–water partition coefficient (Wildman–Crippen LogP) is 3.65. The summed E-state index contributed by atoms with van der Waals surface area (Å²) in [6.45, 7) is 4.29. The lowest BCUT2D eigenvalue weighted by atomic mass is 10.3. The molecular weight excluding hydrogens is 438 g/mol. The van der Waals surface area contributed by atoms with Crippen LogP contribution in [0.4, 0.5) is 10.8 Å². The molecule has 3 heterocycles. The van der Waals surface area contributed by atoms with Crippen LogP contribution >= 0.6 is 11.3 Å². The summed E-state index contributed by atoms with van der Waals surface area (Å²) in [4.78, 5) is 16.4. The number of hydrogen-bond donors (Lipinski definition) is 2. The van der Waals surface area contributed by atoms with E-state index < -0.39 is 15.9 Å². The number of benzene rings is 1. The molecule has 3 aromatic heterocycles. The van der Waals surface area contributed by atoms with Gasteiger partial charge in [-0.2, -0.15) is 5.10 Å².